The maximum Gasteiger partial charge on any atom is 0.141 e. The van der Waals surface area contributed by atoms with Gasteiger partial charge in [-0.25, -0.2) is 9.97 Å². The van der Waals surface area contributed by atoms with Crippen molar-refractivity contribution in [1.82, 2.24) is 19.5 Å². The van der Waals surface area contributed by atoms with E-state index in [1.165, 1.54) is 17.7 Å². The van der Waals surface area contributed by atoms with Crippen LogP contribution in [0.25, 0.3) is 16.7 Å². The van der Waals surface area contributed by atoms with E-state index in [2.05, 4.69) is 63.4 Å². The van der Waals surface area contributed by atoms with Crippen molar-refractivity contribution in [3.05, 3.63) is 77.6 Å². The van der Waals surface area contributed by atoms with Gasteiger partial charge in [0.15, 0.2) is 0 Å². The number of aryl methyl sites for hydroxylation is 2. The summed E-state index contributed by atoms with van der Waals surface area (Å²) in [7, 11) is 0. The summed E-state index contributed by atoms with van der Waals surface area (Å²) in [6, 6.07) is 14.4. The zero-order chi connectivity index (χ0) is 16.5. The molecule has 4 heteroatoms. The Morgan fingerprint density at radius 1 is 0.917 bits per heavy atom. The molecule has 4 rings (SSSR count). The molecule has 0 saturated heterocycles. The number of fused-ring (bicyclic) bond motifs is 1. The summed E-state index contributed by atoms with van der Waals surface area (Å²) in [4.78, 5) is 11.6. The van der Waals surface area contributed by atoms with Crippen LogP contribution in [0.5, 0.6) is 0 Å². The number of rotatable bonds is 1. The number of aromatic amines is 1. The van der Waals surface area contributed by atoms with E-state index in [4.69, 9.17) is 0 Å². The molecule has 0 radical (unpaired) electrons. The first-order chi connectivity index (χ1) is 11.7. The fourth-order valence-corrected chi connectivity index (χ4v) is 2.92. The number of benzene rings is 1. The number of aromatic nitrogens is 4. The van der Waals surface area contributed by atoms with E-state index in [1.54, 1.807) is 0 Å². The lowest BCUT2D eigenvalue weighted by Gasteiger charge is -2.11. The van der Waals surface area contributed by atoms with E-state index in [-0.39, 0.29) is 0 Å². The van der Waals surface area contributed by atoms with Crippen molar-refractivity contribution in [3.8, 4) is 17.5 Å². The normalized spacial score (nSPS) is 10.6. The molecular weight excluding hydrogens is 296 g/mol. The summed E-state index contributed by atoms with van der Waals surface area (Å²) >= 11 is 0. The lowest BCUT2D eigenvalue weighted by molar-refractivity contribution is 0.962. The first-order valence-corrected chi connectivity index (χ1v) is 7.78. The van der Waals surface area contributed by atoms with Crippen LogP contribution >= 0.6 is 0 Å². The number of para-hydroxylation sites is 1. The van der Waals surface area contributed by atoms with Crippen LogP contribution in [0.3, 0.4) is 0 Å². The monoisotopic (exact) mass is 312 g/mol. The number of hydrogen-bond donors (Lipinski definition) is 1. The Morgan fingerprint density at radius 2 is 1.71 bits per heavy atom. The quantitative estimate of drug-likeness (QED) is 0.544. The summed E-state index contributed by atoms with van der Waals surface area (Å²) in [5.74, 6) is 6.48. The molecule has 0 bridgehead atoms. The Kier molecular flexibility index (Phi) is 3.40. The van der Waals surface area contributed by atoms with E-state index >= 15 is 0 Å². The van der Waals surface area contributed by atoms with E-state index < -0.39 is 0 Å². The Labute approximate surface area is 140 Å². The van der Waals surface area contributed by atoms with Gasteiger partial charge in [-0.3, -0.25) is 0 Å². The van der Waals surface area contributed by atoms with Gasteiger partial charge in [-0.15, -0.1) is 0 Å². The second-order valence-electron chi connectivity index (χ2n) is 5.68. The molecule has 3 aromatic heterocycles. The van der Waals surface area contributed by atoms with Crippen LogP contribution in [0.2, 0.25) is 0 Å². The fraction of sp³-hybridized carbons (Fsp3) is 0.100. The van der Waals surface area contributed by atoms with Crippen LogP contribution in [-0.4, -0.2) is 19.5 Å². The SMILES string of the molecule is Cc1ccc(C)n1-c1ccccc1C#Cc1ncnc2[nH]ccc12. The average molecular weight is 312 g/mol. The maximum atomic E-state index is 4.31. The van der Waals surface area contributed by atoms with Crippen LogP contribution in [-0.2, 0) is 0 Å². The minimum absolute atomic E-state index is 0.733. The molecule has 0 atom stereocenters. The van der Waals surface area contributed by atoms with E-state index in [0.717, 1.165) is 28.0 Å². The highest BCUT2D eigenvalue weighted by atomic mass is 15.0. The van der Waals surface area contributed by atoms with Crippen molar-refractivity contribution in [1.29, 1.82) is 0 Å². The molecule has 0 aliphatic rings. The van der Waals surface area contributed by atoms with Crippen molar-refractivity contribution in [2.45, 2.75) is 13.8 Å². The molecule has 24 heavy (non-hydrogen) atoms. The number of hydrogen-bond acceptors (Lipinski definition) is 2. The van der Waals surface area contributed by atoms with Crippen LogP contribution in [0, 0.1) is 25.7 Å². The van der Waals surface area contributed by atoms with E-state index in [0.29, 0.717) is 0 Å². The third-order valence-corrected chi connectivity index (χ3v) is 4.09. The summed E-state index contributed by atoms with van der Waals surface area (Å²) in [6.45, 7) is 4.20. The van der Waals surface area contributed by atoms with Gasteiger partial charge in [-0.2, -0.15) is 0 Å². The smallest absolute Gasteiger partial charge is 0.141 e. The molecule has 1 N–H and O–H groups in total. The standard InChI is InChI=1S/C20H16N4/c1-14-7-8-15(2)24(14)19-6-4-3-5-16(19)9-10-18-17-11-12-21-20(17)23-13-22-18/h3-8,11-13H,1-2H3,(H,21,22,23). The zero-order valence-electron chi connectivity index (χ0n) is 13.5. The highest BCUT2D eigenvalue weighted by molar-refractivity contribution is 5.80. The molecule has 4 aromatic rings. The lowest BCUT2D eigenvalue weighted by Crippen LogP contribution is -2.01. The molecule has 0 fully saturated rings. The third kappa shape index (κ3) is 2.37. The molecule has 0 amide bonds. The molecule has 4 nitrogen and oxygen atoms in total. The Balaban J connectivity index is 1.84. The van der Waals surface area contributed by atoms with Crippen molar-refractivity contribution < 1.29 is 0 Å². The lowest BCUT2D eigenvalue weighted by atomic mass is 10.1. The van der Waals surface area contributed by atoms with Gasteiger partial charge < -0.3 is 9.55 Å². The van der Waals surface area contributed by atoms with Crippen molar-refractivity contribution in [2.24, 2.45) is 0 Å². The first-order valence-electron chi connectivity index (χ1n) is 7.78. The van der Waals surface area contributed by atoms with Crippen LogP contribution in [0.4, 0.5) is 0 Å². The highest BCUT2D eigenvalue weighted by Crippen LogP contribution is 2.20. The summed E-state index contributed by atoms with van der Waals surface area (Å²) in [5.41, 5.74) is 5.98. The molecule has 0 unspecified atom stereocenters. The van der Waals surface area contributed by atoms with Crippen molar-refractivity contribution in [2.75, 3.05) is 0 Å². The molecule has 116 valence electrons. The minimum Gasteiger partial charge on any atom is -0.346 e. The zero-order valence-corrected chi connectivity index (χ0v) is 13.5. The molecule has 3 heterocycles. The molecular formula is C20H16N4. The highest BCUT2D eigenvalue weighted by Gasteiger charge is 2.07. The van der Waals surface area contributed by atoms with E-state index in [1.807, 2.05) is 30.5 Å². The van der Waals surface area contributed by atoms with Gasteiger partial charge in [0.1, 0.15) is 17.7 Å². The van der Waals surface area contributed by atoms with Crippen molar-refractivity contribution in [3.63, 3.8) is 0 Å². The van der Waals surface area contributed by atoms with Gasteiger partial charge >= 0.3 is 0 Å². The Morgan fingerprint density at radius 3 is 2.54 bits per heavy atom. The largest absolute Gasteiger partial charge is 0.346 e. The topological polar surface area (TPSA) is 46.5 Å². The third-order valence-electron chi connectivity index (χ3n) is 4.09. The first kappa shape index (κ1) is 14.3. The second kappa shape index (κ2) is 5.71. The average Bonchev–Trinajstić information content (AvgIpc) is 3.20. The van der Waals surface area contributed by atoms with Gasteiger partial charge in [0.05, 0.1) is 11.1 Å². The Hall–Kier alpha value is -3.32. The molecule has 0 saturated carbocycles. The van der Waals surface area contributed by atoms with Crippen LogP contribution < -0.4 is 0 Å². The number of H-pyrrole nitrogens is 1. The predicted octanol–water partition coefficient (Wildman–Crippen LogP) is 3.77. The van der Waals surface area contributed by atoms with Gasteiger partial charge in [0, 0.05) is 23.1 Å². The summed E-state index contributed by atoms with van der Waals surface area (Å²) < 4.78 is 2.22. The molecule has 0 aliphatic carbocycles. The van der Waals surface area contributed by atoms with Gasteiger partial charge in [-0.1, -0.05) is 18.1 Å². The molecule has 1 aromatic carbocycles. The van der Waals surface area contributed by atoms with E-state index in [9.17, 15) is 0 Å². The predicted molar refractivity (Wildman–Crippen MR) is 95.1 cm³/mol. The number of nitrogens with one attached hydrogen (secondary N) is 1. The minimum atomic E-state index is 0.733. The second-order valence-corrected chi connectivity index (χ2v) is 5.68. The summed E-state index contributed by atoms with van der Waals surface area (Å²) in [5, 5.41) is 0.941. The van der Waals surface area contributed by atoms with Gasteiger partial charge in [-0.05, 0) is 50.1 Å². The molecule has 0 aliphatic heterocycles. The van der Waals surface area contributed by atoms with Gasteiger partial charge in [0.2, 0.25) is 0 Å². The summed E-state index contributed by atoms with van der Waals surface area (Å²) in [6.07, 6.45) is 3.39. The number of nitrogens with zero attached hydrogens (tertiary/aromatic N) is 3. The van der Waals surface area contributed by atoms with Crippen LogP contribution in [0.1, 0.15) is 22.6 Å². The Bertz CT molecular complexity index is 1070. The molecule has 0 spiro atoms. The maximum absolute atomic E-state index is 4.31. The van der Waals surface area contributed by atoms with Crippen molar-refractivity contribution >= 4 is 11.0 Å². The van der Waals surface area contributed by atoms with Gasteiger partial charge in [0.25, 0.3) is 0 Å². The fourth-order valence-electron chi connectivity index (χ4n) is 2.92. The van der Waals surface area contributed by atoms with Crippen LogP contribution in [0.15, 0.2) is 55.0 Å².